The molecule has 4 heterocycles. The van der Waals surface area contributed by atoms with E-state index in [1.54, 1.807) is 23.5 Å². The van der Waals surface area contributed by atoms with Crippen molar-refractivity contribution < 1.29 is 58.1 Å². The molecule has 11 nitrogen and oxygen atoms in total. The standard InChI is InChI=1S/C26H36N3O6S.C7H5O2.Os/c1-16(2)11-27-12-23(30)22(29-26(31)35-24-14-34-25-21(24)8-9-32-25)10-18-4-6-20(7-5-18)33-13-19-15-36-17(3)28-19;1-2-4-7-6(3-1)8-5-9-7;/h4-7,15-16,21-25,30H,8-14H2,1-3H3,(H,29,31);1,3-4H,5H2;/q2*-1;+2/t21?,22-,23+,24-,25?;;/m0../s1. The van der Waals surface area contributed by atoms with Crippen LogP contribution in [-0.2, 0) is 47.0 Å². The van der Waals surface area contributed by atoms with Crippen molar-refractivity contribution in [2.24, 2.45) is 11.8 Å². The Labute approximate surface area is 287 Å². The predicted octanol–water partition coefficient (Wildman–Crippen LogP) is 5.03. The summed E-state index contributed by atoms with van der Waals surface area (Å²) in [7, 11) is 0. The van der Waals surface area contributed by atoms with E-state index in [9.17, 15) is 9.90 Å². The molecule has 2 N–H and O–H groups in total. The van der Waals surface area contributed by atoms with Crippen LogP contribution in [0.15, 0.2) is 47.8 Å². The fraction of sp³-hybridized carbons (Fsp3) is 0.515. The van der Waals surface area contributed by atoms with Gasteiger partial charge in [0, 0.05) is 5.38 Å². The van der Waals surface area contributed by atoms with Crippen LogP contribution in [0.3, 0.4) is 0 Å². The van der Waals surface area contributed by atoms with Gasteiger partial charge in [0.25, 0.3) is 0 Å². The van der Waals surface area contributed by atoms with E-state index in [1.807, 2.05) is 42.6 Å². The zero-order valence-corrected chi connectivity index (χ0v) is 29.6. The number of carbonyl (C=O) groups excluding carboxylic acids is 1. The number of nitrogens with zero attached hydrogens (tertiary/aromatic N) is 2. The van der Waals surface area contributed by atoms with Crippen LogP contribution in [0.4, 0.5) is 4.79 Å². The van der Waals surface area contributed by atoms with Crippen LogP contribution in [-0.4, -0.2) is 73.8 Å². The van der Waals surface area contributed by atoms with Crippen LogP contribution in [0, 0.1) is 24.8 Å². The number of ether oxygens (including phenoxy) is 6. The van der Waals surface area contributed by atoms with E-state index in [0.29, 0.717) is 45.5 Å². The van der Waals surface area contributed by atoms with Gasteiger partial charge < -0.3 is 44.2 Å². The molecule has 3 aliphatic rings. The smallest absolute Gasteiger partial charge is 0.660 e. The molecule has 3 aromatic rings. The number of nitrogens with one attached hydrogen (secondary N) is 1. The minimum Gasteiger partial charge on any atom is -0.660 e. The molecule has 250 valence electrons. The third-order valence-corrected chi connectivity index (χ3v) is 8.29. The Morgan fingerprint density at radius 2 is 1.98 bits per heavy atom. The zero-order chi connectivity index (χ0) is 31.6. The molecule has 1 aromatic heterocycles. The van der Waals surface area contributed by atoms with Crippen molar-refractivity contribution in [3.63, 3.8) is 0 Å². The number of aryl methyl sites for hydroxylation is 1. The van der Waals surface area contributed by atoms with Crippen molar-refractivity contribution in [3.05, 3.63) is 75.5 Å². The fourth-order valence-corrected chi connectivity index (χ4v) is 5.74. The van der Waals surface area contributed by atoms with Gasteiger partial charge in [0.2, 0.25) is 6.79 Å². The zero-order valence-electron chi connectivity index (χ0n) is 26.2. The van der Waals surface area contributed by atoms with E-state index >= 15 is 0 Å². The first kappa shape index (κ1) is 36.1. The molecule has 13 heteroatoms. The molecule has 6 rings (SSSR count). The number of aliphatic hydroxyl groups is 1. The largest absolute Gasteiger partial charge is 2.00 e. The fourth-order valence-electron chi connectivity index (χ4n) is 5.14. The summed E-state index contributed by atoms with van der Waals surface area (Å²) in [6.07, 6.45) is -0.822. The summed E-state index contributed by atoms with van der Waals surface area (Å²) < 4.78 is 32.7. The third-order valence-electron chi connectivity index (χ3n) is 7.47. The van der Waals surface area contributed by atoms with E-state index in [0.717, 1.165) is 39.9 Å². The number of hydrogen-bond acceptors (Lipinski definition) is 10. The normalized spacial score (nSPS) is 20.6. The van der Waals surface area contributed by atoms with Crippen LogP contribution in [0.25, 0.3) is 5.32 Å². The molecule has 0 radical (unpaired) electrons. The summed E-state index contributed by atoms with van der Waals surface area (Å²) in [6.45, 7) is 8.69. The number of carbonyl (C=O) groups is 1. The van der Waals surface area contributed by atoms with E-state index in [4.69, 9.17) is 28.4 Å². The van der Waals surface area contributed by atoms with Crippen molar-refractivity contribution in [3.8, 4) is 17.2 Å². The van der Waals surface area contributed by atoms with Crippen LogP contribution in [0.2, 0.25) is 0 Å². The number of fused-ring (bicyclic) bond motifs is 2. The number of benzene rings is 2. The summed E-state index contributed by atoms with van der Waals surface area (Å²) in [5.41, 5.74) is 1.86. The first-order chi connectivity index (χ1) is 21.8. The minimum absolute atomic E-state index is 0. The van der Waals surface area contributed by atoms with Crippen molar-refractivity contribution >= 4 is 17.4 Å². The Morgan fingerprint density at radius 1 is 1.17 bits per heavy atom. The first-order valence-electron chi connectivity index (χ1n) is 15.2. The third kappa shape index (κ3) is 10.6. The van der Waals surface area contributed by atoms with Gasteiger partial charge in [-0.25, -0.2) is 9.78 Å². The number of aliphatic hydroxyl groups excluding tert-OH is 1. The second-order valence-electron chi connectivity index (χ2n) is 11.5. The molecule has 2 unspecified atom stereocenters. The quantitative estimate of drug-likeness (QED) is 0.242. The van der Waals surface area contributed by atoms with Crippen LogP contribution >= 0.6 is 11.3 Å². The maximum atomic E-state index is 12.8. The Kier molecular flexibility index (Phi) is 14.1. The second-order valence-corrected chi connectivity index (χ2v) is 12.6. The van der Waals surface area contributed by atoms with Crippen molar-refractivity contribution in [1.29, 1.82) is 0 Å². The van der Waals surface area contributed by atoms with Gasteiger partial charge in [-0.05, 0) is 37.5 Å². The molecular weight excluding hydrogens is 789 g/mol. The molecule has 0 bridgehead atoms. The Bertz CT molecular complexity index is 1340. The average molecular weight is 830 g/mol. The van der Waals surface area contributed by atoms with Gasteiger partial charge >= 0.3 is 25.9 Å². The van der Waals surface area contributed by atoms with E-state index < -0.39 is 18.2 Å². The maximum Gasteiger partial charge on any atom is 2.00 e. The van der Waals surface area contributed by atoms with Crippen molar-refractivity contribution in [1.82, 2.24) is 10.3 Å². The molecule has 0 aliphatic carbocycles. The van der Waals surface area contributed by atoms with Gasteiger partial charge in [0.1, 0.15) is 18.5 Å². The molecule has 0 saturated carbocycles. The minimum atomic E-state index is -0.845. The van der Waals surface area contributed by atoms with Crippen LogP contribution in [0.5, 0.6) is 17.2 Å². The molecular formula is C33H41N3O8OsS. The van der Waals surface area contributed by atoms with Crippen molar-refractivity contribution in [2.75, 3.05) is 33.1 Å². The second kappa shape index (κ2) is 17.9. The number of rotatable bonds is 12. The molecule has 2 saturated heterocycles. The number of amides is 1. The molecule has 3 aliphatic heterocycles. The van der Waals surface area contributed by atoms with Gasteiger partial charge in [-0.3, -0.25) is 0 Å². The van der Waals surface area contributed by atoms with Gasteiger partial charge in [-0.1, -0.05) is 31.9 Å². The van der Waals surface area contributed by atoms with Gasteiger partial charge in [-0.15, -0.1) is 36.6 Å². The number of thiazole rings is 1. The SMILES string of the molecule is Cc1nc(COc2ccc(C[C@H](NC(=O)O[C@H]3COC4OCCC43)[C@H](O)C[N-]CC(C)C)cc2)cs1.[Os+2].[c-]1ccc2c(c1)OCO2. The molecule has 5 atom stereocenters. The topological polar surface area (TPSA) is 132 Å². The summed E-state index contributed by atoms with van der Waals surface area (Å²) in [6, 6.07) is 15.4. The average Bonchev–Trinajstić information content (AvgIpc) is 3.83. The number of hydrogen-bond donors (Lipinski definition) is 2. The van der Waals surface area contributed by atoms with Crippen molar-refractivity contribution in [2.45, 2.75) is 64.8 Å². The predicted molar refractivity (Wildman–Crippen MR) is 168 cm³/mol. The van der Waals surface area contributed by atoms with E-state index in [2.05, 4.69) is 35.5 Å². The Hall–Kier alpha value is -2.78. The van der Waals surface area contributed by atoms with Crippen LogP contribution in [0.1, 0.15) is 36.5 Å². The van der Waals surface area contributed by atoms with E-state index in [-0.39, 0.29) is 44.6 Å². The molecule has 2 fully saturated rings. The molecule has 2 aromatic carbocycles. The summed E-state index contributed by atoms with van der Waals surface area (Å²) >= 11 is 1.60. The van der Waals surface area contributed by atoms with Gasteiger partial charge in [0.15, 0.2) is 6.29 Å². The summed E-state index contributed by atoms with van der Waals surface area (Å²) in [5, 5.41) is 21.2. The summed E-state index contributed by atoms with van der Waals surface area (Å²) in [5.74, 6) is 2.79. The number of aromatic nitrogens is 1. The first-order valence-corrected chi connectivity index (χ1v) is 16.1. The molecule has 1 amide bonds. The molecule has 0 spiro atoms. The monoisotopic (exact) mass is 831 g/mol. The van der Waals surface area contributed by atoms with Crippen LogP contribution < -0.4 is 19.5 Å². The summed E-state index contributed by atoms with van der Waals surface area (Å²) in [4.78, 5) is 17.2. The maximum absolute atomic E-state index is 12.8. The Morgan fingerprint density at radius 3 is 2.72 bits per heavy atom. The Balaban J connectivity index is 0.000000409. The van der Waals surface area contributed by atoms with E-state index in [1.165, 1.54) is 0 Å². The van der Waals surface area contributed by atoms with Gasteiger partial charge in [-0.2, -0.15) is 12.1 Å². The number of alkyl carbamates (subject to hydrolysis) is 1. The van der Waals surface area contributed by atoms with Gasteiger partial charge in [0.05, 0.1) is 53.5 Å². The molecule has 46 heavy (non-hydrogen) atoms.